The summed E-state index contributed by atoms with van der Waals surface area (Å²) in [4.78, 5) is 0. The van der Waals surface area contributed by atoms with Gasteiger partial charge >= 0.3 is 0 Å². The molecule has 2 aromatic rings. The van der Waals surface area contributed by atoms with Crippen molar-refractivity contribution in [2.45, 2.75) is 0 Å². The molecule has 0 aliphatic heterocycles. The second-order valence-corrected chi connectivity index (χ2v) is 5.50. The van der Waals surface area contributed by atoms with E-state index >= 15 is 0 Å². The summed E-state index contributed by atoms with van der Waals surface area (Å²) in [5, 5.41) is 8.12. The highest BCUT2D eigenvalue weighted by Crippen LogP contribution is 2.16. The van der Waals surface area contributed by atoms with Gasteiger partial charge in [0.25, 0.3) is 0 Å². The molecule has 0 fully saturated rings. The topological polar surface area (TPSA) is 24.7 Å². The molecule has 0 aliphatic rings. The largest absolute Gasteiger partial charge is 0.298 e. The van der Waals surface area contributed by atoms with E-state index in [0.717, 1.165) is 15.6 Å². The Morgan fingerprint density at radius 2 is 1.20 bits per heavy atom. The highest BCUT2D eigenvalue weighted by molar-refractivity contribution is 5.82. The van der Waals surface area contributed by atoms with E-state index in [1.807, 2.05) is 30.3 Å². The molecule has 0 saturated carbocycles. The molecule has 0 atom stereocenters. The Morgan fingerprint density at radius 1 is 0.700 bits per heavy atom. The third kappa shape index (κ3) is 4.14. The zero-order valence-electron chi connectivity index (χ0n) is 12.2. The van der Waals surface area contributed by atoms with E-state index < -0.39 is 0 Å². The van der Waals surface area contributed by atoms with Crippen LogP contribution in [0.1, 0.15) is 11.1 Å². The van der Waals surface area contributed by atoms with Crippen molar-refractivity contribution < 1.29 is 0 Å². The average Bonchev–Trinajstić information content (AvgIpc) is 2.44. The van der Waals surface area contributed by atoms with Crippen molar-refractivity contribution in [3.63, 3.8) is 0 Å². The molecule has 0 aromatic heterocycles. The summed E-state index contributed by atoms with van der Waals surface area (Å²) in [6, 6.07) is 18.3. The molecule has 3 heteroatoms. The van der Waals surface area contributed by atoms with Gasteiger partial charge in [0, 0.05) is 0 Å². The number of quaternary nitrogens is 1. The van der Waals surface area contributed by atoms with E-state index in [0.29, 0.717) is 0 Å². The SMILES string of the molecule is C[N+](C)(C)c1ccc(/C=N/N=C/c2ccccc2)cc1. The van der Waals surface area contributed by atoms with E-state index in [9.17, 15) is 0 Å². The number of benzene rings is 2. The van der Waals surface area contributed by atoms with Gasteiger partial charge in [0.15, 0.2) is 0 Å². The Balaban J connectivity index is 2.00. The molecule has 0 bridgehead atoms. The first-order chi connectivity index (χ1) is 9.55. The third-order valence-electron chi connectivity index (χ3n) is 2.95. The van der Waals surface area contributed by atoms with Crippen LogP contribution in [-0.2, 0) is 0 Å². The van der Waals surface area contributed by atoms with Crippen LogP contribution in [0.3, 0.4) is 0 Å². The quantitative estimate of drug-likeness (QED) is 0.461. The smallest absolute Gasteiger partial charge is 0.132 e. The fraction of sp³-hybridized carbons (Fsp3) is 0.176. The summed E-state index contributed by atoms with van der Waals surface area (Å²) in [6.45, 7) is 0. The maximum Gasteiger partial charge on any atom is 0.132 e. The van der Waals surface area contributed by atoms with Crippen molar-refractivity contribution in [1.29, 1.82) is 0 Å². The fourth-order valence-corrected chi connectivity index (χ4v) is 1.75. The first kappa shape index (κ1) is 14.2. The molecule has 0 unspecified atom stereocenters. The van der Waals surface area contributed by atoms with Crippen molar-refractivity contribution in [1.82, 2.24) is 4.48 Å². The molecule has 0 N–H and O–H groups in total. The minimum Gasteiger partial charge on any atom is -0.298 e. The van der Waals surface area contributed by atoms with Gasteiger partial charge in [-0.15, -0.1) is 0 Å². The first-order valence-corrected chi connectivity index (χ1v) is 6.59. The lowest BCUT2D eigenvalue weighted by atomic mass is 10.2. The maximum absolute atomic E-state index is 4.07. The van der Waals surface area contributed by atoms with Crippen LogP contribution >= 0.6 is 0 Å². The van der Waals surface area contributed by atoms with E-state index in [1.54, 1.807) is 12.4 Å². The first-order valence-electron chi connectivity index (χ1n) is 6.59. The highest BCUT2D eigenvalue weighted by atomic mass is 15.3. The molecule has 102 valence electrons. The van der Waals surface area contributed by atoms with Crippen molar-refractivity contribution >= 4 is 18.1 Å². The number of nitrogens with zero attached hydrogens (tertiary/aromatic N) is 3. The van der Waals surface area contributed by atoms with Gasteiger partial charge in [0.2, 0.25) is 0 Å². The van der Waals surface area contributed by atoms with Crippen LogP contribution in [0.2, 0.25) is 0 Å². The predicted molar refractivity (Wildman–Crippen MR) is 87.6 cm³/mol. The Kier molecular flexibility index (Phi) is 4.43. The zero-order valence-corrected chi connectivity index (χ0v) is 12.2. The second kappa shape index (κ2) is 6.26. The van der Waals surface area contributed by atoms with Gasteiger partial charge < -0.3 is 0 Å². The van der Waals surface area contributed by atoms with Crippen LogP contribution in [0.25, 0.3) is 0 Å². The van der Waals surface area contributed by atoms with Crippen LogP contribution in [-0.4, -0.2) is 33.6 Å². The lowest BCUT2D eigenvalue weighted by Crippen LogP contribution is -2.34. The normalized spacial score (nSPS) is 12.3. The van der Waals surface area contributed by atoms with E-state index in [4.69, 9.17) is 0 Å². The van der Waals surface area contributed by atoms with Gasteiger partial charge in [0.1, 0.15) is 5.69 Å². The Hall–Kier alpha value is -2.26. The molecule has 20 heavy (non-hydrogen) atoms. The molecule has 0 aliphatic carbocycles. The van der Waals surface area contributed by atoms with E-state index in [1.165, 1.54) is 5.69 Å². The van der Waals surface area contributed by atoms with Gasteiger partial charge in [-0.3, -0.25) is 4.48 Å². The Bertz CT molecular complexity index is 590. The molecular weight excluding hydrogens is 246 g/mol. The van der Waals surface area contributed by atoms with Crippen LogP contribution in [0.4, 0.5) is 5.69 Å². The van der Waals surface area contributed by atoms with E-state index in [-0.39, 0.29) is 0 Å². The van der Waals surface area contributed by atoms with Crippen LogP contribution in [0.5, 0.6) is 0 Å². The average molecular weight is 266 g/mol. The standard InChI is InChI=1S/C17H20N3/c1-20(2,3)17-11-9-16(10-12-17)14-19-18-13-15-7-5-4-6-8-15/h4-14H,1-3H3/q+1/b18-13+,19-14+. The van der Waals surface area contributed by atoms with Gasteiger partial charge in [0.05, 0.1) is 33.6 Å². The summed E-state index contributed by atoms with van der Waals surface area (Å²) < 4.78 is 0.809. The van der Waals surface area contributed by atoms with Crippen molar-refractivity contribution in [2.24, 2.45) is 10.2 Å². The lowest BCUT2D eigenvalue weighted by molar-refractivity contribution is 0.486. The molecule has 2 rings (SSSR count). The number of rotatable bonds is 4. The van der Waals surface area contributed by atoms with Crippen molar-refractivity contribution in [3.05, 3.63) is 65.7 Å². The maximum atomic E-state index is 4.07. The van der Waals surface area contributed by atoms with Crippen LogP contribution in [0.15, 0.2) is 64.8 Å². The molecule has 0 saturated heterocycles. The molecule has 3 nitrogen and oxygen atoms in total. The van der Waals surface area contributed by atoms with Gasteiger partial charge in [-0.1, -0.05) is 30.3 Å². The molecule has 0 heterocycles. The fourth-order valence-electron chi connectivity index (χ4n) is 1.75. The number of hydrogen-bond donors (Lipinski definition) is 0. The Morgan fingerprint density at radius 3 is 1.70 bits per heavy atom. The van der Waals surface area contributed by atoms with Gasteiger partial charge in [-0.2, -0.15) is 10.2 Å². The van der Waals surface area contributed by atoms with Crippen LogP contribution in [0, 0.1) is 0 Å². The minimum atomic E-state index is 0.809. The predicted octanol–water partition coefficient (Wildman–Crippen LogP) is 3.34. The summed E-state index contributed by atoms with van der Waals surface area (Å²) in [5.74, 6) is 0. The van der Waals surface area contributed by atoms with Crippen molar-refractivity contribution in [3.8, 4) is 0 Å². The number of hydrogen-bond acceptors (Lipinski definition) is 2. The monoisotopic (exact) mass is 266 g/mol. The molecule has 2 aromatic carbocycles. The lowest BCUT2D eigenvalue weighted by Gasteiger charge is -2.23. The van der Waals surface area contributed by atoms with Gasteiger partial charge in [-0.25, -0.2) is 0 Å². The Labute approximate surface area is 120 Å². The minimum absolute atomic E-state index is 0.809. The molecule has 0 radical (unpaired) electrons. The van der Waals surface area contributed by atoms with Gasteiger partial charge in [-0.05, 0) is 35.4 Å². The summed E-state index contributed by atoms with van der Waals surface area (Å²) >= 11 is 0. The summed E-state index contributed by atoms with van der Waals surface area (Å²) in [5.41, 5.74) is 3.35. The zero-order chi connectivity index (χ0) is 14.4. The van der Waals surface area contributed by atoms with Crippen LogP contribution < -0.4 is 4.48 Å². The third-order valence-corrected chi connectivity index (χ3v) is 2.95. The summed E-state index contributed by atoms with van der Waals surface area (Å²) in [7, 11) is 6.44. The van der Waals surface area contributed by atoms with Crippen molar-refractivity contribution in [2.75, 3.05) is 21.1 Å². The summed E-state index contributed by atoms with van der Waals surface area (Å²) in [6.07, 6.45) is 3.51. The molecule has 0 amide bonds. The highest BCUT2D eigenvalue weighted by Gasteiger charge is 2.10. The second-order valence-electron chi connectivity index (χ2n) is 5.50. The molecule has 0 spiro atoms. The molecular formula is C17H20N3+. The van der Waals surface area contributed by atoms with E-state index in [2.05, 4.69) is 55.6 Å².